The maximum absolute atomic E-state index is 12.0. The summed E-state index contributed by atoms with van der Waals surface area (Å²) in [6, 6.07) is 10.8. The number of benzene rings is 1. The molecule has 2 rings (SSSR count). The van der Waals surface area contributed by atoms with Gasteiger partial charge in [0.1, 0.15) is 5.60 Å². The number of rotatable bonds is 9. The fourth-order valence-corrected chi connectivity index (χ4v) is 9.21. The van der Waals surface area contributed by atoms with Crippen LogP contribution in [0.25, 0.3) is 0 Å². The summed E-state index contributed by atoms with van der Waals surface area (Å²) < 4.78 is 12.5. The summed E-state index contributed by atoms with van der Waals surface area (Å²) in [5.74, 6) is -0.110. The molecule has 2 atom stereocenters. The predicted molar refractivity (Wildman–Crippen MR) is 133 cm³/mol. The van der Waals surface area contributed by atoms with Gasteiger partial charge in [0.15, 0.2) is 0 Å². The number of hydrogen-bond donors (Lipinski definition) is 0. The van der Waals surface area contributed by atoms with Crippen molar-refractivity contribution in [2.75, 3.05) is 0 Å². The molecular weight excluding hydrogens is 400 g/mol. The van der Waals surface area contributed by atoms with Crippen molar-refractivity contribution in [1.29, 1.82) is 0 Å². The van der Waals surface area contributed by atoms with Crippen LogP contribution in [-0.4, -0.2) is 26.0 Å². The second kappa shape index (κ2) is 10.8. The molecule has 1 unspecified atom stereocenters. The smallest absolute Gasteiger partial charge is 0.306 e. The Labute approximate surface area is 191 Å². The Morgan fingerprint density at radius 3 is 2.26 bits per heavy atom. The summed E-state index contributed by atoms with van der Waals surface area (Å²) in [6.45, 7) is 14.9. The second-order valence-corrected chi connectivity index (χ2v) is 14.9. The summed E-state index contributed by atoms with van der Waals surface area (Å²) in [4.78, 5) is 12.0. The molecule has 0 fully saturated rings. The van der Waals surface area contributed by atoms with Crippen LogP contribution in [0, 0.1) is 0 Å². The van der Waals surface area contributed by atoms with Gasteiger partial charge in [0.2, 0.25) is 0 Å². The van der Waals surface area contributed by atoms with Gasteiger partial charge in [-0.1, -0.05) is 75.8 Å². The van der Waals surface area contributed by atoms with Crippen molar-refractivity contribution in [2.45, 2.75) is 104 Å². The monoisotopic (exact) mass is 442 g/mol. The van der Waals surface area contributed by atoms with Crippen LogP contribution in [0.15, 0.2) is 53.8 Å². The third-order valence-electron chi connectivity index (χ3n) is 5.68. The maximum Gasteiger partial charge on any atom is 0.306 e. The van der Waals surface area contributed by atoms with Crippen LogP contribution in [0.4, 0.5) is 0 Å². The SMILES string of the molecule is C[C@H](CCCCC(=O)OC(C)(C)C)O[Si](C1=CCCC=C1)(c1ccccc1)C(C)(C)C. The molecule has 0 saturated carbocycles. The van der Waals surface area contributed by atoms with E-state index in [0.29, 0.717) is 6.42 Å². The molecule has 0 radical (unpaired) electrons. The number of ether oxygens (including phenoxy) is 1. The molecule has 1 aromatic carbocycles. The van der Waals surface area contributed by atoms with Crippen LogP contribution < -0.4 is 5.19 Å². The Kier molecular flexibility index (Phi) is 8.90. The van der Waals surface area contributed by atoms with Gasteiger partial charge in [0.05, 0.1) is 0 Å². The number of carbonyl (C=O) groups excluding carboxylic acids is 1. The van der Waals surface area contributed by atoms with Crippen LogP contribution in [0.1, 0.15) is 87.0 Å². The molecular formula is C27H42O3Si. The molecule has 172 valence electrons. The molecule has 3 nitrogen and oxygen atoms in total. The van der Waals surface area contributed by atoms with Gasteiger partial charge >= 0.3 is 5.97 Å². The van der Waals surface area contributed by atoms with Crippen molar-refractivity contribution in [1.82, 2.24) is 0 Å². The Morgan fingerprint density at radius 2 is 1.71 bits per heavy atom. The summed E-state index contributed by atoms with van der Waals surface area (Å²) >= 11 is 0. The average Bonchev–Trinajstić information content (AvgIpc) is 2.68. The Hall–Kier alpha value is -1.65. The van der Waals surface area contributed by atoms with Gasteiger partial charge in [-0.05, 0) is 68.8 Å². The van der Waals surface area contributed by atoms with E-state index in [-0.39, 0.29) is 17.1 Å². The van der Waals surface area contributed by atoms with Gasteiger partial charge in [0, 0.05) is 12.5 Å². The molecule has 0 heterocycles. The number of hydrogen-bond acceptors (Lipinski definition) is 3. The summed E-state index contributed by atoms with van der Waals surface area (Å²) in [7, 11) is -2.47. The number of allylic oxidation sites excluding steroid dienone is 4. The molecule has 0 aromatic heterocycles. The third kappa shape index (κ3) is 7.18. The van der Waals surface area contributed by atoms with Crippen molar-refractivity contribution in [3.63, 3.8) is 0 Å². The van der Waals surface area contributed by atoms with E-state index >= 15 is 0 Å². The average molecular weight is 443 g/mol. The zero-order valence-electron chi connectivity index (χ0n) is 20.7. The van der Waals surface area contributed by atoms with Crippen molar-refractivity contribution in [3.05, 3.63) is 53.8 Å². The fraction of sp³-hybridized carbons (Fsp3) is 0.593. The Morgan fingerprint density at radius 1 is 1.03 bits per heavy atom. The highest BCUT2D eigenvalue weighted by molar-refractivity contribution is 6.95. The topological polar surface area (TPSA) is 35.5 Å². The zero-order valence-corrected chi connectivity index (χ0v) is 21.7. The molecule has 31 heavy (non-hydrogen) atoms. The minimum atomic E-state index is -2.47. The van der Waals surface area contributed by atoms with Gasteiger partial charge in [-0.15, -0.1) is 0 Å². The van der Waals surface area contributed by atoms with E-state index in [0.717, 1.165) is 32.1 Å². The second-order valence-electron chi connectivity index (χ2n) is 10.7. The number of carbonyl (C=O) groups is 1. The lowest BCUT2D eigenvalue weighted by Gasteiger charge is -2.45. The molecule has 0 amide bonds. The molecule has 0 bridgehead atoms. The van der Waals surface area contributed by atoms with E-state index in [4.69, 9.17) is 9.16 Å². The van der Waals surface area contributed by atoms with Crippen LogP contribution in [-0.2, 0) is 14.0 Å². The van der Waals surface area contributed by atoms with Crippen LogP contribution in [0.3, 0.4) is 0 Å². The number of unbranched alkanes of at least 4 members (excludes halogenated alkanes) is 1. The first-order valence-electron chi connectivity index (χ1n) is 11.8. The maximum atomic E-state index is 12.0. The molecule has 4 heteroatoms. The predicted octanol–water partition coefficient (Wildman–Crippen LogP) is 6.76. The molecule has 0 N–H and O–H groups in total. The van der Waals surface area contributed by atoms with E-state index < -0.39 is 13.9 Å². The summed E-state index contributed by atoms with van der Waals surface area (Å²) in [6.07, 6.45) is 12.5. The van der Waals surface area contributed by atoms with E-state index in [2.05, 4.69) is 76.3 Å². The van der Waals surface area contributed by atoms with Crippen molar-refractivity contribution in [3.8, 4) is 0 Å². The first-order chi connectivity index (χ1) is 14.5. The minimum Gasteiger partial charge on any atom is -0.460 e. The molecule has 0 spiro atoms. The van der Waals surface area contributed by atoms with E-state index in [1.165, 1.54) is 10.4 Å². The van der Waals surface area contributed by atoms with Crippen molar-refractivity contribution in [2.24, 2.45) is 0 Å². The van der Waals surface area contributed by atoms with Crippen LogP contribution in [0.2, 0.25) is 5.04 Å². The standard InChI is InChI=1S/C27H42O3Si/c1-22(16-14-15-21-25(28)29-26(2,3)4)30-31(27(5,6)7,23-17-10-8-11-18-23)24-19-12-9-13-20-24/h8,10-12,17-20,22H,9,13-16,21H2,1-7H3/t22-,31?/m1/s1. The first-order valence-corrected chi connectivity index (χ1v) is 13.7. The number of esters is 1. The molecule has 1 aromatic rings. The third-order valence-corrected chi connectivity index (χ3v) is 10.9. The van der Waals surface area contributed by atoms with E-state index in [1.54, 1.807) is 0 Å². The zero-order chi connectivity index (χ0) is 23.1. The van der Waals surface area contributed by atoms with E-state index in [1.807, 2.05) is 20.8 Å². The fourth-order valence-electron chi connectivity index (χ4n) is 4.35. The van der Waals surface area contributed by atoms with Crippen molar-refractivity contribution >= 4 is 19.5 Å². The minimum absolute atomic E-state index is 0.00659. The first kappa shape index (κ1) is 25.6. The lowest BCUT2D eigenvalue weighted by Crippen LogP contribution is -2.60. The quantitative estimate of drug-likeness (QED) is 0.241. The lowest BCUT2D eigenvalue weighted by atomic mass is 10.1. The Balaban J connectivity index is 2.14. The summed E-state index contributed by atoms with van der Waals surface area (Å²) in [5, 5.41) is 2.73. The molecule has 1 aliphatic carbocycles. The van der Waals surface area contributed by atoms with Gasteiger partial charge < -0.3 is 9.16 Å². The van der Waals surface area contributed by atoms with E-state index in [9.17, 15) is 4.79 Å². The molecule has 0 aliphatic heterocycles. The van der Waals surface area contributed by atoms with Gasteiger partial charge in [0.25, 0.3) is 8.32 Å². The molecule has 1 aliphatic rings. The van der Waals surface area contributed by atoms with Crippen LogP contribution >= 0.6 is 0 Å². The van der Waals surface area contributed by atoms with Gasteiger partial charge in [-0.25, -0.2) is 0 Å². The van der Waals surface area contributed by atoms with Gasteiger partial charge in [-0.2, -0.15) is 0 Å². The largest absolute Gasteiger partial charge is 0.460 e. The highest BCUT2D eigenvalue weighted by atomic mass is 28.4. The van der Waals surface area contributed by atoms with Gasteiger partial charge in [-0.3, -0.25) is 4.79 Å². The van der Waals surface area contributed by atoms with Crippen LogP contribution in [0.5, 0.6) is 0 Å². The molecule has 0 saturated heterocycles. The highest BCUT2D eigenvalue weighted by Gasteiger charge is 2.51. The highest BCUT2D eigenvalue weighted by Crippen LogP contribution is 2.43. The summed E-state index contributed by atoms with van der Waals surface area (Å²) in [5.41, 5.74) is -0.414. The normalized spacial score (nSPS) is 17.6. The van der Waals surface area contributed by atoms with Crippen molar-refractivity contribution < 1.29 is 14.0 Å². The Bertz CT molecular complexity index is 768. The lowest BCUT2D eigenvalue weighted by molar-refractivity contribution is -0.154.